The third-order valence-electron chi connectivity index (χ3n) is 4.00. The molecule has 108 valence electrons. The van der Waals surface area contributed by atoms with Gasteiger partial charge in [-0.25, -0.2) is 4.39 Å². The molecule has 0 spiro atoms. The summed E-state index contributed by atoms with van der Waals surface area (Å²) in [7, 11) is 0. The Bertz CT molecular complexity index is 521. The maximum atomic E-state index is 14.2. The van der Waals surface area contributed by atoms with E-state index in [1.54, 1.807) is 12.1 Å². The molecular formula is C15H18BrFN2S. The summed E-state index contributed by atoms with van der Waals surface area (Å²) >= 11 is 5.03. The fourth-order valence-corrected chi connectivity index (χ4v) is 4.03. The highest BCUT2D eigenvalue weighted by Gasteiger charge is 2.31. The number of rotatable bonds is 4. The van der Waals surface area contributed by atoms with Gasteiger partial charge in [-0.1, -0.05) is 19.3 Å². The Morgan fingerprint density at radius 3 is 2.70 bits per heavy atom. The second kappa shape index (κ2) is 6.82. The van der Waals surface area contributed by atoms with Gasteiger partial charge in [0.05, 0.1) is 15.7 Å². The molecule has 0 unspecified atom stereocenters. The van der Waals surface area contributed by atoms with E-state index >= 15 is 0 Å². The van der Waals surface area contributed by atoms with Gasteiger partial charge in [0.15, 0.2) is 5.82 Å². The molecule has 0 aliphatic heterocycles. The van der Waals surface area contributed by atoms with Gasteiger partial charge in [-0.3, -0.25) is 0 Å². The minimum absolute atomic E-state index is 0.213. The van der Waals surface area contributed by atoms with Gasteiger partial charge < -0.3 is 5.32 Å². The van der Waals surface area contributed by atoms with Crippen LogP contribution in [0.15, 0.2) is 16.6 Å². The van der Waals surface area contributed by atoms with Gasteiger partial charge in [-0.15, -0.1) is 0 Å². The molecule has 1 fully saturated rings. The summed E-state index contributed by atoms with van der Waals surface area (Å²) in [4.78, 5) is 0. The number of benzene rings is 1. The Morgan fingerprint density at radius 1 is 1.40 bits per heavy atom. The lowest BCUT2D eigenvalue weighted by Gasteiger charge is -2.36. The summed E-state index contributed by atoms with van der Waals surface area (Å²) in [6.07, 6.45) is 8.31. The molecule has 2 rings (SSSR count). The largest absolute Gasteiger partial charge is 0.381 e. The fourth-order valence-electron chi connectivity index (χ4n) is 2.68. The predicted octanol–water partition coefficient (Wildman–Crippen LogP) is 4.94. The van der Waals surface area contributed by atoms with E-state index in [1.165, 1.54) is 32.1 Å². The lowest BCUT2D eigenvalue weighted by Crippen LogP contribution is -2.35. The number of nitriles is 1. The van der Waals surface area contributed by atoms with Crippen LogP contribution in [-0.2, 0) is 0 Å². The Morgan fingerprint density at radius 2 is 2.10 bits per heavy atom. The Kier molecular flexibility index (Phi) is 5.34. The number of nitrogens with one attached hydrogen (secondary N) is 1. The van der Waals surface area contributed by atoms with Gasteiger partial charge in [-0.2, -0.15) is 17.0 Å². The lowest BCUT2D eigenvalue weighted by molar-refractivity contribution is 0.411. The van der Waals surface area contributed by atoms with Crippen molar-refractivity contribution in [3.05, 3.63) is 28.0 Å². The summed E-state index contributed by atoms with van der Waals surface area (Å²) in [6.45, 7) is 0.767. The number of anilines is 1. The van der Waals surface area contributed by atoms with E-state index in [2.05, 4.69) is 27.5 Å². The second-order valence-corrected chi connectivity index (χ2v) is 7.27. The Balaban J connectivity index is 2.11. The molecular weight excluding hydrogens is 339 g/mol. The van der Waals surface area contributed by atoms with Crippen LogP contribution in [0.2, 0.25) is 0 Å². The van der Waals surface area contributed by atoms with E-state index in [0.29, 0.717) is 11.3 Å². The molecule has 1 aromatic carbocycles. The minimum atomic E-state index is -0.379. The van der Waals surface area contributed by atoms with Gasteiger partial charge in [0.1, 0.15) is 6.07 Å². The van der Waals surface area contributed by atoms with Gasteiger partial charge in [0.2, 0.25) is 0 Å². The summed E-state index contributed by atoms with van der Waals surface area (Å²) in [6, 6.07) is 5.26. The van der Waals surface area contributed by atoms with Crippen molar-refractivity contribution in [3.63, 3.8) is 0 Å². The molecule has 1 saturated carbocycles. The first-order valence-corrected chi connectivity index (χ1v) is 8.81. The fraction of sp³-hybridized carbons (Fsp3) is 0.533. The molecule has 0 saturated heterocycles. The summed E-state index contributed by atoms with van der Waals surface area (Å²) in [5.74, 6) is -0.379. The average Bonchev–Trinajstić information content (AvgIpc) is 2.50. The van der Waals surface area contributed by atoms with Crippen molar-refractivity contribution in [1.82, 2.24) is 0 Å². The van der Waals surface area contributed by atoms with E-state index in [1.807, 2.05) is 17.8 Å². The first kappa shape index (κ1) is 15.7. The number of thioether (sulfide) groups is 1. The number of nitrogens with zero attached hydrogens (tertiary/aromatic N) is 1. The van der Waals surface area contributed by atoms with Crippen molar-refractivity contribution in [3.8, 4) is 6.07 Å². The van der Waals surface area contributed by atoms with Crippen LogP contribution in [0, 0.1) is 17.1 Å². The van der Waals surface area contributed by atoms with Crippen LogP contribution in [0.1, 0.15) is 37.7 Å². The highest BCUT2D eigenvalue weighted by molar-refractivity contribution is 9.10. The third-order valence-corrected chi connectivity index (χ3v) is 6.20. The van der Waals surface area contributed by atoms with Gasteiger partial charge in [0.25, 0.3) is 0 Å². The first-order chi connectivity index (χ1) is 9.62. The molecule has 0 aromatic heterocycles. The van der Waals surface area contributed by atoms with Gasteiger partial charge >= 0.3 is 0 Å². The van der Waals surface area contributed by atoms with Crippen LogP contribution in [0.4, 0.5) is 10.1 Å². The Labute approximate surface area is 132 Å². The molecule has 0 atom stereocenters. The van der Waals surface area contributed by atoms with Crippen molar-refractivity contribution < 1.29 is 4.39 Å². The minimum Gasteiger partial charge on any atom is -0.381 e. The zero-order valence-electron chi connectivity index (χ0n) is 11.5. The molecule has 5 heteroatoms. The van der Waals surface area contributed by atoms with Crippen LogP contribution in [0.5, 0.6) is 0 Å². The summed E-state index contributed by atoms with van der Waals surface area (Å²) < 4.78 is 14.6. The summed E-state index contributed by atoms with van der Waals surface area (Å²) in [5, 5.41) is 12.1. The Hall–Kier alpha value is -0.730. The van der Waals surface area contributed by atoms with Crippen LogP contribution >= 0.6 is 27.7 Å². The topological polar surface area (TPSA) is 35.8 Å². The molecule has 1 aromatic rings. The van der Waals surface area contributed by atoms with Crippen molar-refractivity contribution >= 4 is 33.4 Å². The second-order valence-electron chi connectivity index (χ2n) is 5.20. The van der Waals surface area contributed by atoms with E-state index in [0.717, 1.165) is 6.54 Å². The summed E-state index contributed by atoms with van der Waals surface area (Å²) in [5.41, 5.74) is 0.792. The smallest absolute Gasteiger partial charge is 0.161 e. The van der Waals surface area contributed by atoms with Crippen molar-refractivity contribution in [2.75, 3.05) is 18.1 Å². The molecule has 0 bridgehead atoms. The number of hydrogen-bond acceptors (Lipinski definition) is 3. The van der Waals surface area contributed by atoms with Crippen LogP contribution in [0.3, 0.4) is 0 Å². The predicted molar refractivity (Wildman–Crippen MR) is 86.6 cm³/mol. The first-order valence-electron chi connectivity index (χ1n) is 6.79. The SMILES string of the molecule is CSC1(CNc2ccc(C#N)c(Br)c2F)CCCCC1. The lowest BCUT2D eigenvalue weighted by atomic mass is 9.88. The van der Waals surface area contributed by atoms with E-state index < -0.39 is 0 Å². The van der Waals surface area contributed by atoms with Crippen LogP contribution in [-0.4, -0.2) is 17.5 Å². The van der Waals surface area contributed by atoms with Gasteiger partial charge in [-0.05, 0) is 47.2 Å². The maximum absolute atomic E-state index is 14.2. The molecule has 0 radical (unpaired) electrons. The van der Waals surface area contributed by atoms with E-state index in [-0.39, 0.29) is 15.0 Å². The molecule has 0 heterocycles. The van der Waals surface area contributed by atoms with E-state index in [9.17, 15) is 4.39 Å². The zero-order valence-corrected chi connectivity index (χ0v) is 13.9. The maximum Gasteiger partial charge on any atom is 0.161 e. The van der Waals surface area contributed by atoms with Crippen LogP contribution < -0.4 is 5.32 Å². The molecule has 1 aliphatic carbocycles. The highest BCUT2D eigenvalue weighted by Crippen LogP contribution is 2.39. The molecule has 2 nitrogen and oxygen atoms in total. The van der Waals surface area contributed by atoms with Gasteiger partial charge in [0, 0.05) is 11.3 Å². The molecule has 1 N–H and O–H groups in total. The third kappa shape index (κ3) is 3.29. The average molecular weight is 357 g/mol. The standard InChI is InChI=1S/C15H18BrFN2S/c1-20-15(7-3-2-4-8-15)10-19-12-6-5-11(9-18)13(16)14(12)17/h5-6,19H,2-4,7-8,10H2,1H3. The van der Waals surface area contributed by atoms with Crippen molar-refractivity contribution in [1.29, 1.82) is 5.26 Å². The number of halogens is 2. The van der Waals surface area contributed by atoms with Crippen LogP contribution in [0.25, 0.3) is 0 Å². The normalized spacial score (nSPS) is 17.5. The highest BCUT2D eigenvalue weighted by atomic mass is 79.9. The molecule has 0 amide bonds. The van der Waals surface area contributed by atoms with Crippen molar-refractivity contribution in [2.24, 2.45) is 0 Å². The zero-order chi connectivity index (χ0) is 14.6. The molecule has 20 heavy (non-hydrogen) atoms. The van der Waals surface area contributed by atoms with E-state index in [4.69, 9.17) is 5.26 Å². The molecule has 1 aliphatic rings. The quantitative estimate of drug-likeness (QED) is 0.829. The van der Waals surface area contributed by atoms with Crippen molar-refractivity contribution in [2.45, 2.75) is 36.9 Å². The number of hydrogen-bond donors (Lipinski definition) is 1. The monoisotopic (exact) mass is 356 g/mol.